The van der Waals surface area contributed by atoms with Crippen LogP contribution in [0.4, 0.5) is 0 Å². The van der Waals surface area contributed by atoms with Gasteiger partial charge in [0, 0.05) is 10.9 Å². The zero-order valence-electron chi connectivity index (χ0n) is 15.3. The third-order valence-corrected chi connectivity index (χ3v) is 6.03. The van der Waals surface area contributed by atoms with Crippen molar-refractivity contribution in [2.45, 2.75) is 32.8 Å². The molecule has 5 nitrogen and oxygen atoms in total. The van der Waals surface area contributed by atoms with E-state index in [-0.39, 0.29) is 29.8 Å². The summed E-state index contributed by atoms with van der Waals surface area (Å²) in [6.07, 6.45) is 0.394. The summed E-state index contributed by atoms with van der Waals surface area (Å²) >= 11 is 3.97. The molecule has 0 saturated heterocycles. The number of hydrogen-bond donors (Lipinski definition) is 1. The smallest absolute Gasteiger partial charge is 0.313 e. The molecule has 0 fully saturated rings. The van der Waals surface area contributed by atoms with Crippen LogP contribution in [0.3, 0.4) is 0 Å². The van der Waals surface area contributed by atoms with Gasteiger partial charge >= 0.3 is 5.97 Å². The molecule has 0 amide bonds. The van der Waals surface area contributed by atoms with E-state index in [2.05, 4.69) is 0 Å². The Kier molecular flexibility index (Phi) is 6.64. The number of phenols is 1. The largest absolute Gasteiger partial charge is 0.506 e. The average Bonchev–Trinajstić information content (AvgIpc) is 3.02. The number of carbonyl (C=O) groups is 2. The van der Waals surface area contributed by atoms with Crippen LogP contribution in [0.25, 0.3) is 11.0 Å². The third-order valence-electron chi connectivity index (χ3n) is 4.39. The number of esters is 1. The molecule has 0 spiro atoms. The normalized spacial score (nSPS) is 12.1. The van der Waals surface area contributed by atoms with E-state index < -0.39 is 5.97 Å². The van der Waals surface area contributed by atoms with E-state index in [9.17, 15) is 14.7 Å². The molecule has 1 atom stereocenters. The Labute approximate surface area is 189 Å². The number of hydrogen-bond acceptors (Lipinski definition) is 5. The number of phenolic OH excluding ortho intramolecular Hbond substituents is 1. The molecule has 0 aliphatic heterocycles. The van der Waals surface area contributed by atoms with Gasteiger partial charge in [0.25, 0.3) is 0 Å². The Morgan fingerprint density at radius 3 is 2.46 bits per heavy atom. The Morgan fingerprint density at radius 1 is 1.18 bits per heavy atom. The number of benzene rings is 2. The second-order valence-electron chi connectivity index (χ2n) is 6.40. The number of ketones is 1. The van der Waals surface area contributed by atoms with Crippen LogP contribution in [0, 0.1) is 7.14 Å². The summed E-state index contributed by atoms with van der Waals surface area (Å²) in [6.45, 7) is 3.76. The van der Waals surface area contributed by atoms with Gasteiger partial charge in [-0.1, -0.05) is 25.1 Å². The fourth-order valence-electron chi connectivity index (χ4n) is 2.79. The standard InChI is InChI=1S/C21H18I2O5/c1-3-11(2)27-18(24)10-17-19(13-6-4-5-7-16(13)28-17)20(25)12-8-14(22)21(26)15(23)9-12/h4-9,11,26H,3,10H2,1-2H3/t11-/m0/s1. The second-order valence-corrected chi connectivity index (χ2v) is 8.72. The van der Waals surface area contributed by atoms with Crippen molar-refractivity contribution in [2.75, 3.05) is 0 Å². The molecule has 3 rings (SSSR count). The van der Waals surface area contributed by atoms with Crippen LogP contribution in [-0.4, -0.2) is 23.0 Å². The predicted molar refractivity (Wildman–Crippen MR) is 123 cm³/mol. The van der Waals surface area contributed by atoms with E-state index in [0.29, 0.717) is 35.7 Å². The molecular formula is C21H18I2O5. The summed E-state index contributed by atoms with van der Waals surface area (Å²) in [7, 11) is 0. The fourth-order valence-corrected chi connectivity index (χ4v) is 4.56. The van der Waals surface area contributed by atoms with E-state index >= 15 is 0 Å². The molecular weight excluding hydrogens is 586 g/mol. The van der Waals surface area contributed by atoms with Gasteiger partial charge in [0.1, 0.15) is 23.5 Å². The van der Waals surface area contributed by atoms with Crippen LogP contribution in [0.15, 0.2) is 40.8 Å². The number of furan rings is 1. The number of aromatic hydroxyl groups is 1. The molecule has 28 heavy (non-hydrogen) atoms. The predicted octanol–water partition coefficient (Wildman–Crippen LogP) is 5.46. The highest BCUT2D eigenvalue weighted by atomic mass is 127. The minimum atomic E-state index is -0.433. The molecule has 7 heteroatoms. The van der Waals surface area contributed by atoms with E-state index in [4.69, 9.17) is 9.15 Å². The van der Waals surface area contributed by atoms with Crippen LogP contribution < -0.4 is 0 Å². The molecule has 0 saturated carbocycles. The molecule has 146 valence electrons. The van der Waals surface area contributed by atoms with Crippen molar-refractivity contribution in [1.29, 1.82) is 0 Å². The Morgan fingerprint density at radius 2 is 1.82 bits per heavy atom. The summed E-state index contributed by atoms with van der Waals surface area (Å²) in [5.41, 5.74) is 1.32. The molecule has 0 aliphatic carbocycles. The van der Waals surface area contributed by atoms with Crippen LogP contribution in [0.5, 0.6) is 5.75 Å². The first kappa shape index (κ1) is 21.1. The second kappa shape index (κ2) is 8.81. The maximum Gasteiger partial charge on any atom is 0.313 e. The van der Waals surface area contributed by atoms with Gasteiger partial charge in [0.15, 0.2) is 5.78 Å². The molecule has 0 unspecified atom stereocenters. The van der Waals surface area contributed by atoms with Crippen LogP contribution >= 0.6 is 45.2 Å². The molecule has 1 heterocycles. The zero-order valence-corrected chi connectivity index (χ0v) is 19.6. The molecule has 3 aromatic rings. The maximum atomic E-state index is 13.3. The van der Waals surface area contributed by atoms with Gasteiger partial charge in [-0.25, -0.2) is 0 Å². The maximum absolute atomic E-state index is 13.3. The van der Waals surface area contributed by atoms with Crippen LogP contribution in [0.2, 0.25) is 0 Å². The zero-order chi connectivity index (χ0) is 20.4. The van der Waals surface area contributed by atoms with Gasteiger partial charge in [-0.3, -0.25) is 9.59 Å². The van der Waals surface area contributed by atoms with Crippen molar-refractivity contribution in [3.8, 4) is 5.75 Å². The number of para-hydroxylation sites is 1. The molecule has 2 aromatic carbocycles. The summed E-state index contributed by atoms with van der Waals surface area (Å²) in [5.74, 6) is -0.255. The van der Waals surface area contributed by atoms with Gasteiger partial charge in [-0.2, -0.15) is 0 Å². The number of halogens is 2. The summed E-state index contributed by atoms with van der Waals surface area (Å²) in [4.78, 5) is 25.6. The lowest BCUT2D eigenvalue weighted by Gasteiger charge is -2.10. The minimum absolute atomic E-state index is 0.119. The first-order valence-corrected chi connectivity index (χ1v) is 10.9. The fraction of sp³-hybridized carbons (Fsp3) is 0.238. The van der Waals surface area contributed by atoms with Crippen LogP contribution in [-0.2, 0) is 16.0 Å². The molecule has 0 bridgehead atoms. The van der Waals surface area contributed by atoms with Crippen molar-refractivity contribution >= 4 is 67.9 Å². The molecule has 1 aromatic heterocycles. The number of ether oxygens (including phenoxy) is 1. The van der Waals surface area contributed by atoms with Gasteiger partial charge < -0.3 is 14.3 Å². The number of rotatable bonds is 6. The molecule has 1 N–H and O–H groups in total. The monoisotopic (exact) mass is 604 g/mol. The Bertz CT molecular complexity index is 1030. The Balaban J connectivity index is 2.06. The minimum Gasteiger partial charge on any atom is -0.506 e. The average molecular weight is 604 g/mol. The lowest BCUT2D eigenvalue weighted by atomic mass is 9.99. The summed E-state index contributed by atoms with van der Waals surface area (Å²) in [5, 5.41) is 10.6. The SMILES string of the molecule is CC[C@H](C)OC(=O)Cc1oc2ccccc2c1C(=O)c1cc(I)c(O)c(I)c1. The number of carbonyl (C=O) groups excluding carboxylic acids is 2. The first-order valence-electron chi connectivity index (χ1n) is 8.74. The first-order chi connectivity index (χ1) is 13.3. The highest BCUT2D eigenvalue weighted by molar-refractivity contribution is 14.1. The quantitative estimate of drug-likeness (QED) is 0.230. The van der Waals surface area contributed by atoms with Crippen molar-refractivity contribution in [3.05, 3.63) is 60.4 Å². The highest BCUT2D eigenvalue weighted by Gasteiger charge is 2.25. The van der Waals surface area contributed by atoms with Crippen LogP contribution in [0.1, 0.15) is 41.9 Å². The summed E-state index contributed by atoms with van der Waals surface area (Å²) in [6, 6.07) is 10.5. The van der Waals surface area contributed by atoms with Crippen molar-refractivity contribution in [2.24, 2.45) is 0 Å². The summed E-state index contributed by atoms with van der Waals surface area (Å²) < 4.78 is 12.3. The number of fused-ring (bicyclic) bond motifs is 1. The van der Waals surface area contributed by atoms with E-state index in [1.54, 1.807) is 24.3 Å². The van der Waals surface area contributed by atoms with E-state index in [0.717, 1.165) is 0 Å². The van der Waals surface area contributed by atoms with Gasteiger partial charge in [0.2, 0.25) is 0 Å². The van der Waals surface area contributed by atoms with Gasteiger partial charge in [-0.15, -0.1) is 0 Å². The van der Waals surface area contributed by atoms with Crippen molar-refractivity contribution in [1.82, 2.24) is 0 Å². The Hall–Kier alpha value is -1.62. The molecule has 0 aliphatic rings. The topological polar surface area (TPSA) is 76.7 Å². The van der Waals surface area contributed by atoms with E-state index in [1.165, 1.54) is 0 Å². The lowest BCUT2D eigenvalue weighted by molar-refractivity contribution is -0.147. The van der Waals surface area contributed by atoms with Gasteiger partial charge in [0.05, 0.1) is 18.8 Å². The van der Waals surface area contributed by atoms with Crippen molar-refractivity contribution < 1.29 is 23.8 Å². The van der Waals surface area contributed by atoms with E-state index in [1.807, 2.05) is 71.2 Å². The molecule has 0 radical (unpaired) electrons. The highest BCUT2D eigenvalue weighted by Crippen LogP contribution is 2.32. The third kappa shape index (κ3) is 4.35. The lowest BCUT2D eigenvalue weighted by Crippen LogP contribution is -2.17. The van der Waals surface area contributed by atoms with Gasteiger partial charge in [-0.05, 0) is 76.7 Å². The van der Waals surface area contributed by atoms with Crippen molar-refractivity contribution in [3.63, 3.8) is 0 Å².